The van der Waals surface area contributed by atoms with Crippen LogP contribution in [0.2, 0.25) is 0 Å². The van der Waals surface area contributed by atoms with Crippen LogP contribution in [-0.2, 0) is 4.79 Å². The minimum atomic E-state index is 0.242. The number of piperazine rings is 1. The SMILES string of the molecule is CN1CCN(c2ccc(N3CC(CBr)CC3=O)cc2)CC1. The van der Waals surface area contributed by atoms with Crippen molar-refractivity contribution < 1.29 is 4.79 Å². The molecule has 1 aromatic rings. The number of likely N-dealkylation sites (N-methyl/N-ethyl adjacent to an activating group) is 1. The van der Waals surface area contributed by atoms with Gasteiger partial charge in [-0.3, -0.25) is 4.79 Å². The van der Waals surface area contributed by atoms with Crippen molar-refractivity contribution in [2.24, 2.45) is 5.92 Å². The van der Waals surface area contributed by atoms with E-state index in [2.05, 4.69) is 57.0 Å². The van der Waals surface area contributed by atoms with Gasteiger partial charge >= 0.3 is 0 Å². The summed E-state index contributed by atoms with van der Waals surface area (Å²) >= 11 is 3.48. The van der Waals surface area contributed by atoms with E-state index in [0.29, 0.717) is 12.3 Å². The van der Waals surface area contributed by atoms with Crippen LogP contribution in [0.15, 0.2) is 24.3 Å². The molecule has 5 heteroatoms. The lowest BCUT2D eigenvalue weighted by Gasteiger charge is -2.34. The summed E-state index contributed by atoms with van der Waals surface area (Å²) in [4.78, 5) is 18.7. The molecule has 114 valence electrons. The lowest BCUT2D eigenvalue weighted by atomic mass is 10.2. The van der Waals surface area contributed by atoms with Gasteiger partial charge in [0.1, 0.15) is 0 Å². The fraction of sp³-hybridized carbons (Fsp3) is 0.562. The normalized spacial score (nSPS) is 23.9. The van der Waals surface area contributed by atoms with Gasteiger partial charge in [-0.25, -0.2) is 0 Å². The zero-order valence-corrected chi connectivity index (χ0v) is 14.1. The second-order valence-electron chi connectivity index (χ2n) is 6.04. The van der Waals surface area contributed by atoms with E-state index in [1.165, 1.54) is 5.69 Å². The number of hydrogen-bond donors (Lipinski definition) is 0. The highest BCUT2D eigenvalue weighted by Crippen LogP contribution is 2.28. The maximum absolute atomic E-state index is 12.1. The quantitative estimate of drug-likeness (QED) is 0.781. The summed E-state index contributed by atoms with van der Waals surface area (Å²) in [5.41, 5.74) is 2.29. The molecule has 2 aliphatic rings. The third-order valence-electron chi connectivity index (χ3n) is 4.45. The molecule has 0 spiro atoms. The topological polar surface area (TPSA) is 26.8 Å². The van der Waals surface area contributed by atoms with E-state index in [1.807, 2.05) is 4.90 Å². The monoisotopic (exact) mass is 351 g/mol. The fourth-order valence-corrected chi connectivity index (χ4v) is 3.48. The molecule has 4 nitrogen and oxygen atoms in total. The number of hydrogen-bond acceptors (Lipinski definition) is 3. The van der Waals surface area contributed by atoms with Crippen LogP contribution in [0.5, 0.6) is 0 Å². The Morgan fingerprint density at radius 1 is 1.10 bits per heavy atom. The predicted molar refractivity (Wildman–Crippen MR) is 90.4 cm³/mol. The highest BCUT2D eigenvalue weighted by molar-refractivity contribution is 9.09. The molecule has 0 saturated carbocycles. The maximum Gasteiger partial charge on any atom is 0.227 e. The molecular weight excluding hydrogens is 330 g/mol. The lowest BCUT2D eigenvalue weighted by Crippen LogP contribution is -2.44. The van der Waals surface area contributed by atoms with Crippen LogP contribution in [0.3, 0.4) is 0 Å². The van der Waals surface area contributed by atoms with Crippen molar-refractivity contribution in [1.29, 1.82) is 0 Å². The number of nitrogens with zero attached hydrogens (tertiary/aromatic N) is 3. The maximum atomic E-state index is 12.1. The minimum Gasteiger partial charge on any atom is -0.369 e. The van der Waals surface area contributed by atoms with Crippen LogP contribution < -0.4 is 9.80 Å². The first-order valence-corrected chi connectivity index (χ1v) is 8.69. The molecule has 0 aliphatic carbocycles. The van der Waals surface area contributed by atoms with Crippen LogP contribution in [-0.4, -0.2) is 55.9 Å². The van der Waals surface area contributed by atoms with Crippen molar-refractivity contribution in [3.8, 4) is 0 Å². The molecule has 0 bridgehead atoms. The average molecular weight is 352 g/mol. The number of rotatable bonds is 3. The number of halogens is 1. The Hall–Kier alpha value is -1.07. The van der Waals surface area contributed by atoms with E-state index >= 15 is 0 Å². The Morgan fingerprint density at radius 3 is 2.29 bits per heavy atom. The van der Waals surface area contributed by atoms with Crippen LogP contribution in [0.25, 0.3) is 0 Å². The molecule has 1 atom stereocenters. The van der Waals surface area contributed by atoms with E-state index in [0.717, 1.165) is 43.7 Å². The number of carbonyl (C=O) groups is 1. The summed E-state index contributed by atoms with van der Waals surface area (Å²) in [5, 5.41) is 0.897. The first-order valence-electron chi connectivity index (χ1n) is 7.57. The van der Waals surface area contributed by atoms with Crippen LogP contribution in [0.1, 0.15) is 6.42 Å². The molecule has 1 unspecified atom stereocenters. The summed E-state index contributed by atoms with van der Waals surface area (Å²) in [6.07, 6.45) is 0.658. The average Bonchev–Trinajstić information content (AvgIpc) is 2.89. The van der Waals surface area contributed by atoms with Gasteiger partial charge in [0.05, 0.1) is 0 Å². The molecule has 0 N–H and O–H groups in total. The zero-order valence-electron chi connectivity index (χ0n) is 12.5. The molecule has 2 fully saturated rings. The Kier molecular flexibility index (Phi) is 4.50. The third-order valence-corrected chi connectivity index (χ3v) is 5.37. The molecule has 0 aromatic heterocycles. The van der Waals surface area contributed by atoms with Crippen molar-refractivity contribution in [3.05, 3.63) is 24.3 Å². The van der Waals surface area contributed by atoms with Gasteiger partial charge in [-0.1, -0.05) is 15.9 Å². The summed E-state index contributed by atoms with van der Waals surface area (Å²) in [6.45, 7) is 5.20. The third kappa shape index (κ3) is 3.24. The van der Waals surface area contributed by atoms with Gasteiger partial charge in [0.15, 0.2) is 0 Å². The van der Waals surface area contributed by atoms with Gasteiger partial charge in [-0.05, 0) is 37.2 Å². The van der Waals surface area contributed by atoms with E-state index in [4.69, 9.17) is 0 Å². The van der Waals surface area contributed by atoms with E-state index in [9.17, 15) is 4.79 Å². The van der Waals surface area contributed by atoms with Crippen molar-refractivity contribution in [1.82, 2.24) is 4.90 Å². The van der Waals surface area contributed by atoms with Crippen molar-refractivity contribution in [3.63, 3.8) is 0 Å². The van der Waals surface area contributed by atoms with Gasteiger partial charge in [-0.15, -0.1) is 0 Å². The molecule has 2 saturated heterocycles. The predicted octanol–water partition coefficient (Wildman–Crippen LogP) is 2.19. The number of anilines is 2. The van der Waals surface area contributed by atoms with Crippen LogP contribution >= 0.6 is 15.9 Å². The van der Waals surface area contributed by atoms with Gasteiger partial charge in [-0.2, -0.15) is 0 Å². The second kappa shape index (κ2) is 6.36. The summed E-state index contributed by atoms with van der Waals surface area (Å²) in [6, 6.07) is 8.47. The first kappa shape index (κ1) is 14.9. The zero-order chi connectivity index (χ0) is 14.8. The Bertz CT molecular complexity index is 497. The highest BCUT2D eigenvalue weighted by Gasteiger charge is 2.29. The first-order chi connectivity index (χ1) is 10.2. The number of alkyl halides is 1. The van der Waals surface area contributed by atoms with Crippen molar-refractivity contribution in [2.45, 2.75) is 6.42 Å². The lowest BCUT2D eigenvalue weighted by molar-refractivity contribution is -0.117. The molecule has 2 heterocycles. The van der Waals surface area contributed by atoms with Gasteiger partial charge < -0.3 is 14.7 Å². The second-order valence-corrected chi connectivity index (χ2v) is 6.68. The summed E-state index contributed by atoms with van der Waals surface area (Å²) < 4.78 is 0. The minimum absolute atomic E-state index is 0.242. The highest BCUT2D eigenvalue weighted by atomic mass is 79.9. The molecule has 21 heavy (non-hydrogen) atoms. The Balaban J connectivity index is 1.68. The Morgan fingerprint density at radius 2 is 1.71 bits per heavy atom. The number of benzene rings is 1. The smallest absolute Gasteiger partial charge is 0.227 e. The molecule has 0 radical (unpaired) electrons. The molecular formula is C16H22BrN3O. The number of amides is 1. The molecule has 1 aromatic carbocycles. The number of carbonyl (C=O) groups excluding carboxylic acids is 1. The fourth-order valence-electron chi connectivity index (χ4n) is 3.04. The standard InChI is InChI=1S/C16H22BrN3O/c1-18-6-8-19(9-7-18)14-2-4-15(5-3-14)20-12-13(11-17)10-16(20)21/h2-5,13H,6-12H2,1H3. The van der Waals surface area contributed by atoms with Gasteiger partial charge in [0.25, 0.3) is 0 Å². The molecule has 3 rings (SSSR count). The van der Waals surface area contributed by atoms with E-state index in [-0.39, 0.29) is 5.91 Å². The molecule has 1 amide bonds. The van der Waals surface area contributed by atoms with Crippen LogP contribution in [0, 0.1) is 5.92 Å². The van der Waals surface area contributed by atoms with Crippen molar-refractivity contribution in [2.75, 3.05) is 54.9 Å². The summed E-state index contributed by atoms with van der Waals surface area (Å²) in [5.74, 6) is 0.682. The van der Waals surface area contributed by atoms with E-state index in [1.54, 1.807) is 0 Å². The Labute approximate surface area is 134 Å². The van der Waals surface area contributed by atoms with Crippen molar-refractivity contribution >= 4 is 33.2 Å². The largest absolute Gasteiger partial charge is 0.369 e. The van der Waals surface area contributed by atoms with Gasteiger partial charge in [0.2, 0.25) is 5.91 Å². The summed E-state index contributed by atoms with van der Waals surface area (Å²) in [7, 11) is 2.17. The van der Waals surface area contributed by atoms with E-state index < -0.39 is 0 Å². The van der Waals surface area contributed by atoms with Crippen LogP contribution in [0.4, 0.5) is 11.4 Å². The molecule has 2 aliphatic heterocycles. The van der Waals surface area contributed by atoms with Gasteiger partial charge in [0, 0.05) is 55.8 Å².